The van der Waals surface area contributed by atoms with Gasteiger partial charge in [0, 0.05) is 17.5 Å². The molecule has 2 atom stereocenters. The number of aromatic nitrogens is 1. The number of rotatable bonds is 3. The molecule has 1 N–H and O–H groups in total. The number of likely N-dealkylation sites (tertiary alicyclic amines) is 1. The van der Waals surface area contributed by atoms with E-state index in [4.69, 9.17) is 0 Å². The van der Waals surface area contributed by atoms with Gasteiger partial charge >= 0.3 is 0 Å². The van der Waals surface area contributed by atoms with Crippen LogP contribution in [0.2, 0.25) is 0 Å². The molecular formula is C25H22F2N2O2. The fraction of sp³-hybridized carbons (Fsp3) is 0.280. The number of aryl methyl sites for hydroxylation is 2. The number of amides is 1. The Labute approximate surface area is 178 Å². The van der Waals surface area contributed by atoms with Gasteiger partial charge in [-0.15, -0.1) is 0 Å². The second kappa shape index (κ2) is 7.15. The molecule has 2 bridgehead atoms. The highest BCUT2D eigenvalue weighted by Crippen LogP contribution is 2.42. The lowest BCUT2D eigenvalue weighted by Crippen LogP contribution is -2.39. The Kier molecular flexibility index (Phi) is 4.54. The van der Waals surface area contributed by atoms with Gasteiger partial charge in [-0.3, -0.25) is 9.59 Å². The number of hydrogen-bond donors (Lipinski definition) is 1. The van der Waals surface area contributed by atoms with E-state index in [0.717, 1.165) is 29.2 Å². The third kappa shape index (κ3) is 3.17. The monoisotopic (exact) mass is 420 g/mol. The van der Waals surface area contributed by atoms with E-state index < -0.39 is 17.2 Å². The lowest BCUT2D eigenvalue weighted by molar-refractivity contribution is -0.130. The molecule has 0 saturated carbocycles. The van der Waals surface area contributed by atoms with E-state index >= 15 is 0 Å². The lowest BCUT2D eigenvalue weighted by Gasteiger charge is -2.29. The molecule has 158 valence electrons. The molecule has 0 spiro atoms. The number of H-pyrrole nitrogens is 1. The Morgan fingerprint density at radius 1 is 1.19 bits per heavy atom. The second-order valence-corrected chi connectivity index (χ2v) is 8.57. The highest BCUT2D eigenvalue weighted by atomic mass is 19.2. The van der Waals surface area contributed by atoms with E-state index in [9.17, 15) is 18.4 Å². The van der Waals surface area contributed by atoms with Crippen LogP contribution >= 0.6 is 0 Å². The number of aromatic amines is 1. The van der Waals surface area contributed by atoms with Crippen LogP contribution in [-0.4, -0.2) is 28.4 Å². The zero-order chi connectivity index (χ0) is 21.9. The minimum Gasteiger partial charge on any atom is -0.335 e. The van der Waals surface area contributed by atoms with Gasteiger partial charge in [-0.25, -0.2) is 8.78 Å². The van der Waals surface area contributed by atoms with Crippen LogP contribution in [0.25, 0.3) is 16.5 Å². The standard InChI is InChI=1S/C25H22F2N2O2/c1-13-4-3-5-16(8-13)18-9-15-10-21(18)29(12-15)22(30)11-17-14(2)23-20(28-25(17)31)7-6-19(26)24(23)27/h3-9,15,21H,10-12H2,1-2H3,(H,28,31). The van der Waals surface area contributed by atoms with Gasteiger partial charge < -0.3 is 9.88 Å². The summed E-state index contributed by atoms with van der Waals surface area (Å²) in [4.78, 5) is 30.3. The van der Waals surface area contributed by atoms with Gasteiger partial charge in [0.05, 0.1) is 18.0 Å². The average molecular weight is 420 g/mol. The maximum absolute atomic E-state index is 14.4. The fourth-order valence-corrected chi connectivity index (χ4v) is 5.04. The number of nitrogens with one attached hydrogen (secondary N) is 1. The van der Waals surface area contributed by atoms with Crippen LogP contribution in [0.15, 0.2) is 47.3 Å². The number of hydrogen-bond acceptors (Lipinski definition) is 2. The van der Waals surface area contributed by atoms with Crippen LogP contribution in [0.1, 0.15) is 28.7 Å². The number of benzene rings is 2. The van der Waals surface area contributed by atoms with Crippen LogP contribution in [0.3, 0.4) is 0 Å². The molecule has 0 radical (unpaired) electrons. The van der Waals surface area contributed by atoms with Crippen LogP contribution < -0.4 is 5.56 Å². The van der Waals surface area contributed by atoms with Crippen LogP contribution in [0.5, 0.6) is 0 Å². The molecule has 31 heavy (non-hydrogen) atoms. The minimum absolute atomic E-state index is 0.0192. The molecule has 2 aliphatic rings. The van der Waals surface area contributed by atoms with Crippen molar-refractivity contribution in [3.05, 3.63) is 86.7 Å². The topological polar surface area (TPSA) is 53.2 Å². The Morgan fingerprint density at radius 3 is 2.74 bits per heavy atom. The molecule has 2 aromatic carbocycles. The summed E-state index contributed by atoms with van der Waals surface area (Å²) in [7, 11) is 0. The molecule has 1 aliphatic carbocycles. The molecule has 2 unspecified atom stereocenters. The van der Waals surface area contributed by atoms with E-state index in [2.05, 4.69) is 23.2 Å². The summed E-state index contributed by atoms with van der Waals surface area (Å²) in [5.74, 6) is -1.86. The largest absolute Gasteiger partial charge is 0.335 e. The number of nitrogens with zero attached hydrogens (tertiary/aromatic N) is 1. The van der Waals surface area contributed by atoms with Crippen molar-refractivity contribution in [3.63, 3.8) is 0 Å². The Balaban J connectivity index is 1.46. The van der Waals surface area contributed by atoms with Crippen LogP contribution in [0, 0.1) is 31.4 Å². The van der Waals surface area contributed by atoms with E-state index in [1.54, 1.807) is 6.92 Å². The molecule has 5 rings (SSSR count). The molecule has 1 amide bonds. The Bertz CT molecular complexity index is 1330. The van der Waals surface area contributed by atoms with Crippen LogP contribution in [0.4, 0.5) is 8.78 Å². The Hall–Kier alpha value is -3.28. The first-order valence-electron chi connectivity index (χ1n) is 10.4. The smallest absolute Gasteiger partial charge is 0.252 e. The third-order valence-corrected chi connectivity index (χ3v) is 6.55. The first kappa shape index (κ1) is 19.7. The van der Waals surface area contributed by atoms with Gasteiger partial charge in [0.1, 0.15) is 0 Å². The molecule has 1 fully saturated rings. The van der Waals surface area contributed by atoms with Crippen molar-refractivity contribution in [2.45, 2.75) is 32.7 Å². The van der Waals surface area contributed by atoms with Crippen molar-refractivity contribution >= 4 is 22.4 Å². The van der Waals surface area contributed by atoms with Gasteiger partial charge in [0.2, 0.25) is 5.91 Å². The van der Waals surface area contributed by atoms with E-state index in [1.807, 2.05) is 24.0 Å². The van der Waals surface area contributed by atoms with Crippen molar-refractivity contribution in [2.24, 2.45) is 5.92 Å². The number of pyridine rings is 1. The van der Waals surface area contributed by atoms with Crippen molar-refractivity contribution in [3.8, 4) is 0 Å². The molecule has 2 heterocycles. The molecular weight excluding hydrogens is 398 g/mol. The first-order chi connectivity index (χ1) is 14.8. The van der Waals surface area contributed by atoms with Gasteiger partial charge in [-0.05, 0) is 55.0 Å². The molecule has 1 saturated heterocycles. The molecule has 1 aromatic heterocycles. The predicted molar refractivity (Wildman–Crippen MR) is 116 cm³/mol. The van der Waals surface area contributed by atoms with Crippen molar-refractivity contribution in [1.82, 2.24) is 9.88 Å². The minimum atomic E-state index is -1.01. The third-order valence-electron chi connectivity index (χ3n) is 6.55. The number of carbonyl (C=O) groups excluding carboxylic acids is 1. The molecule has 4 nitrogen and oxygen atoms in total. The number of fused-ring (bicyclic) bond motifs is 3. The van der Waals surface area contributed by atoms with Crippen molar-refractivity contribution in [2.75, 3.05) is 6.54 Å². The van der Waals surface area contributed by atoms with Gasteiger partial charge in [0.25, 0.3) is 5.56 Å². The van der Waals surface area contributed by atoms with Crippen LogP contribution in [-0.2, 0) is 11.2 Å². The summed E-state index contributed by atoms with van der Waals surface area (Å²) in [6.07, 6.45) is 2.98. The maximum Gasteiger partial charge on any atom is 0.252 e. The van der Waals surface area contributed by atoms with Crippen molar-refractivity contribution < 1.29 is 13.6 Å². The summed E-state index contributed by atoms with van der Waals surface area (Å²) in [6, 6.07) is 10.5. The highest BCUT2D eigenvalue weighted by Gasteiger charge is 2.42. The lowest BCUT2D eigenvalue weighted by atomic mass is 9.97. The van der Waals surface area contributed by atoms with E-state index in [1.165, 1.54) is 6.07 Å². The summed E-state index contributed by atoms with van der Waals surface area (Å²) in [5, 5.41) is 0.0192. The molecule has 1 aliphatic heterocycles. The molecule has 6 heteroatoms. The summed E-state index contributed by atoms with van der Waals surface area (Å²) in [6.45, 7) is 4.22. The number of halogens is 2. The normalized spacial score (nSPS) is 19.9. The SMILES string of the molecule is Cc1cccc(C2=CC3CC2N(C(=O)Cc2c(C)c4c(F)c(F)ccc4[nH]c2=O)C3)c1. The van der Waals surface area contributed by atoms with Gasteiger partial charge in [0.15, 0.2) is 11.6 Å². The predicted octanol–water partition coefficient (Wildman–Crippen LogP) is 4.28. The first-order valence-corrected chi connectivity index (χ1v) is 10.4. The highest BCUT2D eigenvalue weighted by molar-refractivity contribution is 5.88. The zero-order valence-electron chi connectivity index (χ0n) is 17.3. The van der Waals surface area contributed by atoms with E-state index in [0.29, 0.717) is 18.0 Å². The zero-order valence-corrected chi connectivity index (χ0v) is 17.3. The van der Waals surface area contributed by atoms with E-state index in [-0.39, 0.29) is 34.8 Å². The number of carbonyl (C=O) groups is 1. The molecule has 3 aromatic rings. The van der Waals surface area contributed by atoms with Gasteiger partial charge in [-0.1, -0.05) is 35.9 Å². The average Bonchev–Trinajstić information content (AvgIpc) is 3.35. The second-order valence-electron chi connectivity index (χ2n) is 8.57. The summed E-state index contributed by atoms with van der Waals surface area (Å²) < 4.78 is 28.2. The Morgan fingerprint density at radius 2 is 2.00 bits per heavy atom. The summed E-state index contributed by atoms with van der Waals surface area (Å²) in [5.41, 5.74) is 3.69. The maximum atomic E-state index is 14.4. The fourth-order valence-electron chi connectivity index (χ4n) is 5.04. The quantitative estimate of drug-likeness (QED) is 0.688. The van der Waals surface area contributed by atoms with Crippen molar-refractivity contribution in [1.29, 1.82) is 0 Å². The summed E-state index contributed by atoms with van der Waals surface area (Å²) >= 11 is 0. The van der Waals surface area contributed by atoms with Gasteiger partial charge in [-0.2, -0.15) is 0 Å².